The third kappa shape index (κ3) is 3.67. The summed E-state index contributed by atoms with van der Waals surface area (Å²) in [5.74, 6) is 0.795. The highest BCUT2D eigenvalue weighted by atomic mass is 16.5. The first kappa shape index (κ1) is 13.3. The molecular formula is C14H27NO2. The Balaban J connectivity index is 1.82. The molecule has 3 nitrogen and oxygen atoms in total. The van der Waals surface area contributed by atoms with Crippen molar-refractivity contribution in [1.29, 1.82) is 0 Å². The van der Waals surface area contributed by atoms with Gasteiger partial charge in [-0.2, -0.15) is 0 Å². The van der Waals surface area contributed by atoms with E-state index in [1.807, 2.05) is 0 Å². The molecule has 0 amide bonds. The van der Waals surface area contributed by atoms with E-state index in [-0.39, 0.29) is 0 Å². The van der Waals surface area contributed by atoms with Crippen LogP contribution in [0.5, 0.6) is 0 Å². The molecule has 0 spiro atoms. The van der Waals surface area contributed by atoms with Crippen molar-refractivity contribution in [2.45, 2.75) is 57.1 Å². The van der Waals surface area contributed by atoms with Crippen molar-refractivity contribution in [2.24, 2.45) is 5.92 Å². The van der Waals surface area contributed by atoms with E-state index in [4.69, 9.17) is 4.74 Å². The lowest BCUT2D eigenvalue weighted by Crippen LogP contribution is -2.48. The van der Waals surface area contributed by atoms with Crippen molar-refractivity contribution in [1.82, 2.24) is 4.90 Å². The van der Waals surface area contributed by atoms with Crippen LogP contribution < -0.4 is 0 Å². The van der Waals surface area contributed by atoms with Gasteiger partial charge in [0.15, 0.2) is 0 Å². The Morgan fingerprint density at radius 3 is 2.35 bits per heavy atom. The minimum atomic E-state index is -0.431. The van der Waals surface area contributed by atoms with E-state index in [0.29, 0.717) is 6.04 Å². The molecule has 2 fully saturated rings. The Morgan fingerprint density at radius 1 is 1.18 bits per heavy atom. The van der Waals surface area contributed by atoms with Crippen molar-refractivity contribution in [3.63, 3.8) is 0 Å². The molecule has 3 heteroatoms. The van der Waals surface area contributed by atoms with Crippen molar-refractivity contribution in [2.75, 3.05) is 26.8 Å². The zero-order chi connectivity index (χ0) is 12.3. The summed E-state index contributed by atoms with van der Waals surface area (Å²) in [6, 6.07) is 0.604. The number of nitrogens with zero attached hydrogens (tertiary/aromatic N) is 1. The predicted octanol–water partition coefficient (Wildman–Crippen LogP) is 2.04. The Bertz CT molecular complexity index is 230. The highest BCUT2D eigenvalue weighted by Crippen LogP contribution is 2.33. The summed E-state index contributed by atoms with van der Waals surface area (Å²) in [7, 11) is 2.16. The molecule has 0 aromatic rings. The van der Waals surface area contributed by atoms with Crippen LogP contribution >= 0.6 is 0 Å². The number of rotatable bonds is 3. The molecule has 2 aliphatic rings. The topological polar surface area (TPSA) is 32.7 Å². The van der Waals surface area contributed by atoms with Crippen molar-refractivity contribution >= 4 is 0 Å². The summed E-state index contributed by atoms with van der Waals surface area (Å²) < 4.78 is 5.39. The van der Waals surface area contributed by atoms with E-state index in [2.05, 4.69) is 18.9 Å². The van der Waals surface area contributed by atoms with Crippen LogP contribution in [0.2, 0.25) is 0 Å². The van der Waals surface area contributed by atoms with E-state index in [9.17, 15) is 5.11 Å². The van der Waals surface area contributed by atoms with Gasteiger partial charge in [-0.3, -0.25) is 0 Å². The summed E-state index contributed by atoms with van der Waals surface area (Å²) in [5.41, 5.74) is -0.431. The Morgan fingerprint density at radius 2 is 1.76 bits per heavy atom. The molecule has 1 aliphatic carbocycles. The SMILES string of the molecule is CC1CCC(O)(CN(C)C2CCOCC2)CC1. The minimum Gasteiger partial charge on any atom is -0.389 e. The second-order valence-electron chi connectivity index (χ2n) is 6.17. The van der Waals surface area contributed by atoms with Gasteiger partial charge in [0, 0.05) is 25.8 Å². The molecule has 1 aliphatic heterocycles. The number of hydrogen-bond donors (Lipinski definition) is 1. The molecule has 1 heterocycles. The van der Waals surface area contributed by atoms with Crippen molar-refractivity contribution in [3.05, 3.63) is 0 Å². The van der Waals surface area contributed by atoms with Gasteiger partial charge in [0.1, 0.15) is 0 Å². The quantitative estimate of drug-likeness (QED) is 0.821. The van der Waals surface area contributed by atoms with E-state index >= 15 is 0 Å². The summed E-state index contributed by atoms with van der Waals surface area (Å²) in [5, 5.41) is 10.6. The number of ether oxygens (including phenoxy) is 1. The molecule has 0 atom stereocenters. The summed E-state index contributed by atoms with van der Waals surface area (Å²) in [6.07, 6.45) is 6.53. The molecule has 2 rings (SSSR count). The number of likely N-dealkylation sites (N-methyl/N-ethyl adjacent to an activating group) is 1. The zero-order valence-corrected chi connectivity index (χ0v) is 11.3. The average molecular weight is 241 g/mol. The van der Waals surface area contributed by atoms with Gasteiger partial charge in [-0.1, -0.05) is 6.92 Å². The lowest BCUT2D eigenvalue weighted by atomic mass is 9.79. The standard InChI is InChI=1S/C14H27NO2/c1-12-3-7-14(16,8-4-12)11-15(2)13-5-9-17-10-6-13/h12-13,16H,3-11H2,1-2H3. The first-order chi connectivity index (χ1) is 8.09. The lowest BCUT2D eigenvalue weighted by Gasteiger charge is -2.41. The fourth-order valence-electron chi connectivity index (χ4n) is 3.18. The van der Waals surface area contributed by atoms with Crippen LogP contribution in [0.25, 0.3) is 0 Å². The first-order valence-electron chi connectivity index (χ1n) is 7.09. The average Bonchev–Trinajstić information content (AvgIpc) is 2.34. The molecule has 0 unspecified atom stereocenters. The van der Waals surface area contributed by atoms with Gasteiger partial charge in [-0.05, 0) is 51.5 Å². The van der Waals surface area contributed by atoms with Gasteiger partial charge in [0.05, 0.1) is 5.60 Å². The Hall–Kier alpha value is -0.120. The van der Waals surface area contributed by atoms with Crippen LogP contribution in [-0.2, 0) is 4.74 Å². The summed E-state index contributed by atoms with van der Waals surface area (Å²) >= 11 is 0. The van der Waals surface area contributed by atoms with E-state index in [0.717, 1.165) is 51.4 Å². The Kier molecular flexibility index (Phi) is 4.45. The molecule has 0 aromatic heterocycles. The van der Waals surface area contributed by atoms with Gasteiger partial charge in [-0.25, -0.2) is 0 Å². The van der Waals surface area contributed by atoms with Crippen LogP contribution in [0.3, 0.4) is 0 Å². The van der Waals surface area contributed by atoms with Gasteiger partial charge < -0.3 is 14.7 Å². The van der Waals surface area contributed by atoms with Crippen LogP contribution in [0.15, 0.2) is 0 Å². The maximum Gasteiger partial charge on any atom is 0.0774 e. The maximum atomic E-state index is 10.6. The van der Waals surface area contributed by atoms with Crippen molar-refractivity contribution in [3.8, 4) is 0 Å². The molecule has 0 aromatic carbocycles. The van der Waals surface area contributed by atoms with Crippen molar-refractivity contribution < 1.29 is 9.84 Å². The first-order valence-corrected chi connectivity index (χ1v) is 7.09. The fourth-order valence-corrected chi connectivity index (χ4v) is 3.18. The van der Waals surface area contributed by atoms with Gasteiger partial charge >= 0.3 is 0 Å². The van der Waals surface area contributed by atoms with Gasteiger partial charge in [0.2, 0.25) is 0 Å². The molecule has 100 valence electrons. The maximum absolute atomic E-state index is 10.6. The number of aliphatic hydroxyl groups is 1. The largest absolute Gasteiger partial charge is 0.389 e. The highest BCUT2D eigenvalue weighted by molar-refractivity contribution is 4.88. The molecular weight excluding hydrogens is 214 g/mol. The van der Waals surface area contributed by atoms with E-state index in [1.54, 1.807) is 0 Å². The highest BCUT2D eigenvalue weighted by Gasteiger charge is 2.34. The second-order valence-corrected chi connectivity index (χ2v) is 6.17. The third-order valence-corrected chi connectivity index (χ3v) is 4.56. The molecule has 17 heavy (non-hydrogen) atoms. The molecule has 1 saturated carbocycles. The smallest absolute Gasteiger partial charge is 0.0774 e. The minimum absolute atomic E-state index is 0.431. The predicted molar refractivity (Wildman–Crippen MR) is 69.1 cm³/mol. The number of hydrogen-bond acceptors (Lipinski definition) is 3. The zero-order valence-electron chi connectivity index (χ0n) is 11.3. The molecule has 1 saturated heterocycles. The summed E-state index contributed by atoms with van der Waals surface area (Å²) in [6.45, 7) is 4.89. The van der Waals surface area contributed by atoms with E-state index in [1.165, 1.54) is 12.8 Å². The monoisotopic (exact) mass is 241 g/mol. The fraction of sp³-hybridized carbons (Fsp3) is 1.00. The lowest BCUT2D eigenvalue weighted by molar-refractivity contribution is -0.0495. The third-order valence-electron chi connectivity index (χ3n) is 4.56. The van der Waals surface area contributed by atoms with Gasteiger partial charge in [0.25, 0.3) is 0 Å². The van der Waals surface area contributed by atoms with Crippen LogP contribution in [0.1, 0.15) is 45.4 Å². The molecule has 0 bridgehead atoms. The van der Waals surface area contributed by atoms with Crippen LogP contribution in [-0.4, -0.2) is 48.5 Å². The molecule has 0 radical (unpaired) electrons. The van der Waals surface area contributed by atoms with Gasteiger partial charge in [-0.15, -0.1) is 0 Å². The second kappa shape index (κ2) is 5.68. The molecule has 1 N–H and O–H groups in total. The Labute approximate surface area is 105 Å². The normalized spacial score (nSPS) is 36.4. The van der Waals surface area contributed by atoms with E-state index < -0.39 is 5.60 Å². The van der Waals surface area contributed by atoms with Crippen LogP contribution in [0.4, 0.5) is 0 Å². The van der Waals surface area contributed by atoms with Crippen LogP contribution in [0, 0.1) is 5.92 Å². The summed E-state index contributed by atoms with van der Waals surface area (Å²) in [4.78, 5) is 2.36.